The first-order valence-electron chi connectivity index (χ1n) is 7.39. The molecule has 1 atom stereocenters. The van der Waals surface area contributed by atoms with E-state index < -0.39 is 27.9 Å². The molecule has 0 aliphatic carbocycles. The SMILES string of the molecule is CN([C@H](C(=O)Nc1ccccc1C(N)=O)c1ccccc1)S(C)(=O)=O. The van der Waals surface area contributed by atoms with Gasteiger partial charge in [-0.15, -0.1) is 0 Å². The van der Waals surface area contributed by atoms with Crippen molar-refractivity contribution in [1.82, 2.24) is 4.31 Å². The molecule has 0 aliphatic rings. The van der Waals surface area contributed by atoms with Gasteiger partial charge >= 0.3 is 0 Å². The number of hydrogen-bond donors (Lipinski definition) is 2. The predicted molar refractivity (Wildman–Crippen MR) is 95.4 cm³/mol. The Kier molecular flexibility index (Phi) is 5.55. The first kappa shape index (κ1) is 18.6. The molecule has 25 heavy (non-hydrogen) atoms. The van der Waals surface area contributed by atoms with Gasteiger partial charge in [-0.05, 0) is 17.7 Å². The highest BCUT2D eigenvalue weighted by Gasteiger charge is 2.31. The number of para-hydroxylation sites is 1. The molecular weight excluding hydrogens is 342 g/mol. The highest BCUT2D eigenvalue weighted by Crippen LogP contribution is 2.24. The second kappa shape index (κ2) is 7.45. The number of nitrogens with zero attached hydrogens (tertiary/aromatic N) is 1. The van der Waals surface area contributed by atoms with Crippen molar-refractivity contribution in [2.24, 2.45) is 5.73 Å². The Morgan fingerprint density at radius 1 is 1.04 bits per heavy atom. The Labute approximate surface area is 146 Å². The number of amides is 2. The van der Waals surface area contributed by atoms with Crippen molar-refractivity contribution in [3.63, 3.8) is 0 Å². The largest absolute Gasteiger partial charge is 0.366 e. The summed E-state index contributed by atoms with van der Waals surface area (Å²) >= 11 is 0. The molecule has 0 unspecified atom stereocenters. The van der Waals surface area contributed by atoms with Crippen molar-refractivity contribution in [1.29, 1.82) is 0 Å². The average Bonchev–Trinajstić information content (AvgIpc) is 2.55. The number of primary amides is 1. The number of likely N-dealkylation sites (N-methyl/N-ethyl adjacent to an activating group) is 1. The van der Waals surface area contributed by atoms with Crippen LogP contribution in [0.4, 0.5) is 5.69 Å². The number of benzene rings is 2. The fourth-order valence-corrected chi connectivity index (χ4v) is 2.96. The van der Waals surface area contributed by atoms with E-state index in [9.17, 15) is 18.0 Å². The Morgan fingerprint density at radius 3 is 2.16 bits per heavy atom. The van der Waals surface area contributed by atoms with E-state index in [-0.39, 0.29) is 11.3 Å². The summed E-state index contributed by atoms with van der Waals surface area (Å²) in [5.41, 5.74) is 6.18. The third-order valence-corrected chi connectivity index (χ3v) is 4.96. The van der Waals surface area contributed by atoms with Gasteiger partial charge in [0.05, 0.1) is 17.5 Å². The number of sulfonamides is 1. The summed E-state index contributed by atoms with van der Waals surface area (Å²) in [4.78, 5) is 24.3. The first-order chi connectivity index (χ1) is 11.7. The zero-order valence-electron chi connectivity index (χ0n) is 13.8. The molecule has 3 N–H and O–H groups in total. The van der Waals surface area contributed by atoms with Gasteiger partial charge in [0.15, 0.2) is 0 Å². The summed E-state index contributed by atoms with van der Waals surface area (Å²) in [5, 5.41) is 2.60. The van der Waals surface area contributed by atoms with Gasteiger partial charge in [0.1, 0.15) is 6.04 Å². The van der Waals surface area contributed by atoms with Crippen LogP contribution in [0.3, 0.4) is 0 Å². The molecule has 0 radical (unpaired) electrons. The number of hydrogen-bond acceptors (Lipinski definition) is 4. The lowest BCUT2D eigenvalue weighted by Gasteiger charge is -2.26. The molecule has 0 aliphatic heterocycles. The number of anilines is 1. The van der Waals surface area contributed by atoms with E-state index in [1.807, 2.05) is 0 Å². The van der Waals surface area contributed by atoms with Crippen LogP contribution >= 0.6 is 0 Å². The maximum absolute atomic E-state index is 12.8. The van der Waals surface area contributed by atoms with E-state index in [2.05, 4.69) is 5.32 Å². The standard InChI is InChI=1S/C17H19N3O4S/c1-20(25(2,23)24)15(12-8-4-3-5-9-12)17(22)19-14-11-7-6-10-13(14)16(18)21/h3-11,15H,1-2H3,(H2,18,21)(H,19,22)/t15-/m0/s1. The molecule has 0 saturated heterocycles. The van der Waals surface area contributed by atoms with Crippen LogP contribution < -0.4 is 11.1 Å². The van der Waals surface area contributed by atoms with E-state index in [4.69, 9.17) is 5.73 Å². The van der Waals surface area contributed by atoms with Gasteiger partial charge < -0.3 is 11.1 Å². The number of rotatable bonds is 6. The third kappa shape index (κ3) is 4.43. The Bertz CT molecular complexity index is 882. The van der Waals surface area contributed by atoms with Crippen LogP contribution in [-0.2, 0) is 14.8 Å². The quantitative estimate of drug-likeness (QED) is 0.809. The molecule has 2 aromatic carbocycles. The first-order valence-corrected chi connectivity index (χ1v) is 9.24. The molecular formula is C17H19N3O4S. The number of carbonyl (C=O) groups excluding carboxylic acids is 2. The molecule has 8 heteroatoms. The minimum absolute atomic E-state index is 0.143. The lowest BCUT2D eigenvalue weighted by molar-refractivity contribution is -0.119. The maximum Gasteiger partial charge on any atom is 0.250 e. The molecule has 7 nitrogen and oxygen atoms in total. The van der Waals surface area contributed by atoms with Crippen LogP contribution in [-0.4, -0.2) is 37.8 Å². The number of carbonyl (C=O) groups is 2. The maximum atomic E-state index is 12.8. The van der Waals surface area contributed by atoms with Crippen LogP contribution in [0.2, 0.25) is 0 Å². The van der Waals surface area contributed by atoms with E-state index >= 15 is 0 Å². The Hall–Kier alpha value is -2.71. The fraction of sp³-hybridized carbons (Fsp3) is 0.176. The van der Waals surface area contributed by atoms with Crippen LogP contribution in [0.5, 0.6) is 0 Å². The summed E-state index contributed by atoms with van der Waals surface area (Å²) in [6, 6.07) is 13.7. The smallest absolute Gasteiger partial charge is 0.250 e. The van der Waals surface area contributed by atoms with Gasteiger partial charge in [-0.3, -0.25) is 9.59 Å². The molecule has 2 amide bonds. The highest BCUT2D eigenvalue weighted by atomic mass is 32.2. The lowest BCUT2D eigenvalue weighted by Crippen LogP contribution is -2.38. The monoisotopic (exact) mass is 361 g/mol. The van der Waals surface area contributed by atoms with Gasteiger partial charge in [0, 0.05) is 7.05 Å². The molecule has 0 heterocycles. The summed E-state index contributed by atoms with van der Waals surface area (Å²) in [7, 11) is -2.31. The summed E-state index contributed by atoms with van der Waals surface area (Å²) < 4.78 is 24.9. The van der Waals surface area contributed by atoms with E-state index in [0.29, 0.717) is 5.56 Å². The molecule has 132 valence electrons. The molecule has 0 spiro atoms. The second-order valence-corrected chi connectivity index (χ2v) is 7.53. The highest BCUT2D eigenvalue weighted by molar-refractivity contribution is 7.88. The molecule has 0 bridgehead atoms. The zero-order chi connectivity index (χ0) is 18.6. The molecule has 2 rings (SSSR count). The molecule has 2 aromatic rings. The van der Waals surface area contributed by atoms with Crippen molar-refractivity contribution in [3.05, 3.63) is 65.7 Å². The summed E-state index contributed by atoms with van der Waals surface area (Å²) in [6.45, 7) is 0. The summed E-state index contributed by atoms with van der Waals surface area (Å²) in [5.74, 6) is -1.28. The van der Waals surface area contributed by atoms with Gasteiger partial charge in [-0.2, -0.15) is 4.31 Å². The third-order valence-electron chi connectivity index (χ3n) is 3.70. The molecule has 0 aromatic heterocycles. The van der Waals surface area contributed by atoms with Crippen LogP contribution in [0, 0.1) is 0 Å². The van der Waals surface area contributed by atoms with Crippen molar-refractivity contribution in [2.75, 3.05) is 18.6 Å². The number of nitrogens with two attached hydrogens (primary N) is 1. The van der Waals surface area contributed by atoms with Crippen LogP contribution in [0.1, 0.15) is 22.0 Å². The van der Waals surface area contributed by atoms with Crippen LogP contribution in [0.25, 0.3) is 0 Å². The normalized spacial score (nSPS) is 12.6. The Balaban J connectivity index is 2.42. The van der Waals surface area contributed by atoms with Gasteiger partial charge in [-0.25, -0.2) is 8.42 Å². The zero-order valence-corrected chi connectivity index (χ0v) is 14.7. The molecule has 0 saturated carbocycles. The van der Waals surface area contributed by atoms with Crippen molar-refractivity contribution >= 4 is 27.5 Å². The average molecular weight is 361 g/mol. The fourth-order valence-electron chi connectivity index (χ4n) is 2.36. The predicted octanol–water partition coefficient (Wildman–Crippen LogP) is 1.36. The van der Waals surface area contributed by atoms with Gasteiger partial charge in [0.25, 0.3) is 5.91 Å². The summed E-state index contributed by atoms with van der Waals surface area (Å²) in [6.07, 6.45) is 1.02. The lowest BCUT2D eigenvalue weighted by atomic mass is 10.1. The second-order valence-electron chi connectivity index (χ2n) is 5.49. The Morgan fingerprint density at radius 2 is 1.60 bits per heavy atom. The van der Waals surface area contributed by atoms with E-state index in [0.717, 1.165) is 10.6 Å². The van der Waals surface area contributed by atoms with Crippen LogP contribution in [0.15, 0.2) is 54.6 Å². The van der Waals surface area contributed by atoms with E-state index in [1.54, 1.807) is 42.5 Å². The topological polar surface area (TPSA) is 110 Å². The minimum atomic E-state index is -3.63. The van der Waals surface area contributed by atoms with Gasteiger partial charge in [0.2, 0.25) is 15.9 Å². The van der Waals surface area contributed by atoms with Gasteiger partial charge in [-0.1, -0.05) is 42.5 Å². The minimum Gasteiger partial charge on any atom is -0.366 e. The molecule has 0 fully saturated rings. The van der Waals surface area contributed by atoms with Crippen molar-refractivity contribution in [3.8, 4) is 0 Å². The van der Waals surface area contributed by atoms with Crippen molar-refractivity contribution in [2.45, 2.75) is 6.04 Å². The van der Waals surface area contributed by atoms with E-state index in [1.165, 1.54) is 19.2 Å². The van der Waals surface area contributed by atoms with Crippen molar-refractivity contribution < 1.29 is 18.0 Å². The number of nitrogens with one attached hydrogen (secondary N) is 1.